The molecular weight excluding hydrogens is 254 g/mol. The van der Waals surface area contributed by atoms with Crippen molar-refractivity contribution >= 4 is 21.7 Å². The lowest BCUT2D eigenvalue weighted by molar-refractivity contribution is 0.0696. The lowest BCUT2D eigenvalue weighted by atomic mass is 9.85. The third-order valence-electron chi connectivity index (χ3n) is 2.68. The highest BCUT2D eigenvalue weighted by Gasteiger charge is 2.35. The average molecular weight is 267 g/mol. The highest BCUT2D eigenvalue weighted by atomic mass is 32.2. The average Bonchev–Trinajstić information content (AvgIpc) is 2.50. The summed E-state index contributed by atoms with van der Waals surface area (Å²) in [6, 6.07) is 3.95. The summed E-state index contributed by atoms with van der Waals surface area (Å²) >= 11 is 0. The monoisotopic (exact) mass is 267 g/mol. The van der Waals surface area contributed by atoms with Crippen LogP contribution in [-0.4, -0.2) is 25.2 Å². The fraction of sp³-hybridized carbons (Fsp3) is 0.333. The van der Waals surface area contributed by atoms with Gasteiger partial charge in [-0.2, -0.15) is 12.8 Å². The standard InChI is InChI=1S/C12H13NO4S/c1-12(2,3)10-8-6-7(11(14)15)4-5-9(8)18(16,17)13-10/h4-6H,1-3H3,(H,14,15). The molecule has 1 aromatic carbocycles. The van der Waals surface area contributed by atoms with Crippen molar-refractivity contribution in [1.82, 2.24) is 0 Å². The zero-order valence-electron chi connectivity index (χ0n) is 10.3. The third-order valence-corrected chi connectivity index (χ3v) is 4.02. The van der Waals surface area contributed by atoms with Crippen LogP contribution in [0.5, 0.6) is 0 Å². The number of carbonyl (C=O) groups is 1. The van der Waals surface area contributed by atoms with Crippen molar-refractivity contribution in [2.24, 2.45) is 9.81 Å². The molecule has 2 rings (SSSR count). The second-order valence-electron chi connectivity index (χ2n) is 5.18. The predicted octanol–water partition coefficient (Wildman–Crippen LogP) is 1.92. The molecule has 1 N–H and O–H groups in total. The number of aromatic carboxylic acids is 1. The number of sulfonamides is 1. The summed E-state index contributed by atoms with van der Waals surface area (Å²) in [6.07, 6.45) is 0. The summed E-state index contributed by atoms with van der Waals surface area (Å²) in [4.78, 5) is 11.0. The van der Waals surface area contributed by atoms with Gasteiger partial charge in [0.15, 0.2) is 0 Å². The molecule has 0 aromatic heterocycles. The van der Waals surface area contributed by atoms with Crippen molar-refractivity contribution < 1.29 is 18.3 Å². The Morgan fingerprint density at radius 1 is 1.28 bits per heavy atom. The zero-order valence-corrected chi connectivity index (χ0v) is 11.1. The molecule has 0 radical (unpaired) electrons. The Morgan fingerprint density at radius 2 is 1.89 bits per heavy atom. The molecule has 0 spiro atoms. The van der Waals surface area contributed by atoms with E-state index in [1.165, 1.54) is 18.2 Å². The SMILES string of the molecule is CC(C)(C)C1=NS(=O)(=O)c2ccc(C(=O)O)cc21. The van der Waals surface area contributed by atoms with Crippen LogP contribution in [0.2, 0.25) is 0 Å². The first-order chi connectivity index (χ1) is 8.13. The summed E-state index contributed by atoms with van der Waals surface area (Å²) in [5, 5.41) is 8.95. The minimum Gasteiger partial charge on any atom is -0.478 e. The van der Waals surface area contributed by atoms with Crippen LogP contribution in [0.1, 0.15) is 36.7 Å². The van der Waals surface area contributed by atoms with Crippen LogP contribution >= 0.6 is 0 Å². The number of rotatable bonds is 1. The molecule has 0 unspecified atom stereocenters. The Kier molecular flexibility index (Phi) is 2.59. The van der Waals surface area contributed by atoms with E-state index in [1.807, 2.05) is 20.8 Å². The van der Waals surface area contributed by atoms with Crippen molar-refractivity contribution in [3.63, 3.8) is 0 Å². The molecule has 1 aliphatic rings. The van der Waals surface area contributed by atoms with E-state index < -0.39 is 21.4 Å². The van der Waals surface area contributed by atoms with Gasteiger partial charge in [0.2, 0.25) is 0 Å². The van der Waals surface area contributed by atoms with Gasteiger partial charge in [-0.05, 0) is 18.2 Å². The van der Waals surface area contributed by atoms with Crippen molar-refractivity contribution in [3.05, 3.63) is 29.3 Å². The van der Waals surface area contributed by atoms with E-state index in [1.54, 1.807) is 0 Å². The van der Waals surface area contributed by atoms with Gasteiger partial charge in [0, 0.05) is 11.0 Å². The highest BCUT2D eigenvalue weighted by molar-refractivity contribution is 7.90. The molecule has 0 atom stereocenters. The van der Waals surface area contributed by atoms with Crippen molar-refractivity contribution in [3.8, 4) is 0 Å². The maximum absolute atomic E-state index is 11.9. The maximum Gasteiger partial charge on any atom is 0.335 e. The van der Waals surface area contributed by atoms with E-state index >= 15 is 0 Å². The van der Waals surface area contributed by atoms with Crippen molar-refractivity contribution in [1.29, 1.82) is 0 Å². The topological polar surface area (TPSA) is 83.8 Å². The Labute approximate surface area is 105 Å². The summed E-state index contributed by atoms with van der Waals surface area (Å²) in [6.45, 7) is 5.51. The Hall–Kier alpha value is -1.69. The molecule has 1 heterocycles. The lowest BCUT2D eigenvalue weighted by Crippen LogP contribution is -2.20. The smallest absolute Gasteiger partial charge is 0.335 e. The van der Waals surface area contributed by atoms with Gasteiger partial charge in [-0.25, -0.2) is 4.79 Å². The van der Waals surface area contributed by atoms with E-state index in [9.17, 15) is 13.2 Å². The van der Waals surface area contributed by atoms with Gasteiger partial charge in [-0.15, -0.1) is 0 Å². The highest BCUT2D eigenvalue weighted by Crippen LogP contribution is 2.34. The number of hydrogen-bond acceptors (Lipinski definition) is 3. The number of hydrogen-bond donors (Lipinski definition) is 1. The second kappa shape index (κ2) is 3.65. The molecule has 5 nitrogen and oxygen atoms in total. The minimum absolute atomic E-state index is 0.0581. The van der Waals surface area contributed by atoms with Crippen molar-refractivity contribution in [2.75, 3.05) is 0 Å². The van der Waals surface area contributed by atoms with Gasteiger partial charge in [0.25, 0.3) is 10.0 Å². The molecule has 6 heteroatoms. The van der Waals surface area contributed by atoms with Gasteiger partial charge < -0.3 is 5.11 Å². The van der Waals surface area contributed by atoms with E-state index in [2.05, 4.69) is 4.40 Å². The maximum atomic E-state index is 11.9. The summed E-state index contributed by atoms with van der Waals surface area (Å²) in [5.41, 5.74) is 0.390. The number of carboxylic acid groups (broad SMARTS) is 1. The molecule has 0 saturated carbocycles. The van der Waals surface area contributed by atoms with E-state index in [4.69, 9.17) is 5.11 Å². The fourth-order valence-electron chi connectivity index (χ4n) is 1.83. The van der Waals surface area contributed by atoms with Gasteiger partial charge in [0.1, 0.15) is 0 Å². The van der Waals surface area contributed by atoms with Crippen molar-refractivity contribution in [2.45, 2.75) is 25.7 Å². The molecule has 1 aromatic rings. The molecule has 0 saturated heterocycles. The van der Waals surface area contributed by atoms with Gasteiger partial charge in [-0.1, -0.05) is 20.8 Å². The Morgan fingerprint density at radius 3 is 2.39 bits per heavy atom. The molecular formula is C12H13NO4S. The molecule has 0 fully saturated rings. The van der Waals surface area contributed by atoms with Crippen LogP contribution in [0.15, 0.2) is 27.5 Å². The van der Waals surface area contributed by atoms with Gasteiger partial charge in [0.05, 0.1) is 16.2 Å². The number of benzene rings is 1. The third kappa shape index (κ3) is 1.92. The van der Waals surface area contributed by atoms with Crippen LogP contribution in [-0.2, 0) is 10.0 Å². The van der Waals surface area contributed by atoms with Crippen LogP contribution < -0.4 is 0 Å². The first kappa shape index (κ1) is 12.8. The normalized spacial score (nSPS) is 17.2. The van der Waals surface area contributed by atoms with Crippen LogP contribution in [0.25, 0.3) is 0 Å². The van der Waals surface area contributed by atoms with Crippen LogP contribution in [0.3, 0.4) is 0 Å². The molecule has 0 aliphatic carbocycles. The summed E-state index contributed by atoms with van der Waals surface area (Å²) < 4.78 is 27.5. The predicted molar refractivity (Wildman–Crippen MR) is 66.6 cm³/mol. The molecule has 0 bridgehead atoms. The molecule has 96 valence electrons. The number of fused-ring (bicyclic) bond motifs is 1. The summed E-state index contributed by atoms with van der Waals surface area (Å²) in [5.74, 6) is -1.09. The first-order valence-electron chi connectivity index (χ1n) is 5.36. The quantitative estimate of drug-likeness (QED) is 0.842. The van der Waals surface area contributed by atoms with E-state index in [-0.39, 0.29) is 10.5 Å². The fourth-order valence-corrected chi connectivity index (χ4v) is 3.22. The Balaban J connectivity index is 2.74. The lowest BCUT2D eigenvalue weighted by Gasteiger charge is -2.18. The second-order valence-corrected chi connectivity index (χ2v) is 6.75. The molecule has 18 heavy (non-hydrogen) atoms. The number of nitrogens with zero attached hydrogens (tertiary/aromatic N) is 1. The van der Waals surface area contributed by atoms with E-state index in [0.717, 1.165) is 0 Å². The first-order valence-corrected chi connectivity index (χ1v) is 6.80. The van der Waals surface area contributed by atoms with E-state index in [0.29, 0.717) is 11.3 Å². The summed E-state index contributed by atoms with van der Waals surface area (Å²) in [7, 11) is -3.69. The van der Waals surface area contributed by atoms with Gasteiger partial charge in [-0.3, -0.25) is 0 Å². The van der Waals surface area contributed by atoms with Gasteiger partial charge >= 0.3 is 5.97 Å². The van der Waals surface area contributed by atoms with Crippen LogP contribution in [0.4, 0.5) is 0 Å². The van der Waals surface area contributed by atoms with Crippen LogP contribution in [0, 0.1) is 5.41 Å². The molecule has 0 amide bonds. The zero-order chi connectivity index (χ0) is 13.7. The largest absolute Gasteiger partial charge is 0.478 e. The Bertz CT molecular complexity index is 666. The molecule has 1 aliphatic heterocycles. The number of carboxylic acids is 1. The minimum atomic E-state index is -3.69.